The van der Waals surface area contributed by atoms with Crippen molar-refractivity contribution in [1.82, 2.24) is 19.2 Å². The maximum absolute atomic E-state index is 13.3. The van der Waals surface area contributed by atoms with Crippen LogP contribution in [0.2, 0.25) is 5.15 Å². The number of hydrogen-bond donors (Lipinski definition) is 1. The zero-order valence-corrected chi connectivity index (χ0v) is 15.8. The van der Waals surface area contributed by atoms with E-state index in [9.17, 15) is 18.0 Å². The van der Waals surface area contributed by atoms with Gasteiger partial charge in [0, 0.05) is 30.6 Å². The molecule has 1 N–H and O–H groups in total. The monoisotopic (exact) mass is 428 g/mol. The molecule has 0 aliphatic heterocycles. The van der Waals surface area contributed by atoms with Crippen LogP contribution in [0.1, 0.15) is 16.1 Å². The number of fused-ring (bicyclic) bond motifs is 1. The number of carboxylic acids is 1. The lowest BCUT2D eigenvalue weighted by Gasteiger charge is -2.10. The topological polar surface area (TPSA) is 72.4 Å². The van der Waals surface area contributed by atoms with Crippen molar-refractivity contribution >= 4 is 34.6 Å². The van der Waals surface area contributed by atoms with E-state index >= 15 is 0 Å². The molecule has 0 radical (unpaired) electrons. The molecule has 11 heteroatoms. The number of rotatable bonds is 2. The van der Waals surface area contributed by atoms with Crippen LogP contribution in [-0.2, 0) is 13.2 Å². The second-order valence-corrected chi connectivity index (χ2v) is 6.76. The van der Waals surface area contributed by atoms with Crippen LogP contribution in [-0.4, -0.2) is 30.2 Å². The second-order valence-electron chi connectivity index (χ2n) is 5.59. The summed E-state index contributed by atoms with van der Waals surface area (Å²) in [7, 11) is 1.62. The molecule has 0 saturated carbocycles. The van der Waals surface area contributed by atoms with E-state index in [0.29, 0.717) is 5.56 Å². The van der Waals surface area contributed by atoms with Crippen molar-refractivity contribution in [2.24, 2.45) is 7.05 Å². The van der Waals surface area contributed by atoms with Crippen molar-refractivity contribution in [3.63, 3.8) is 0 Å². The van der Waals surface area contributed by atoms with Gasteiger partial charge in [-0.15, -0.1) is 0 Å². The van der Waals surface area contributed by atoms with Crippen LogP contribution in [0.5, 0.6) is 0 Å². The van der Waals surface area contributed by atoms with E-state index in [1.807, 2.05) is 22.9 Å². The van der Waals surface area contributed by atoms with Crippen LogP contribution in [0.25, 0.3) is 16.8 Å². The number of carboxylic acid groups (broad SMARTS) is 1. The molecule has 0 atom stereocenters. The number of aromatic carboxylic acids is 1. The molecule has 4 heterocycles. The van der Waals surface area contributed by atoms with E-state index in [4.69, 9.17) is 16.7 Å². The molecule has 0 aliphatic rings. The molecule has 0 aliphatic carbocycles. The van der Waals surface area contributed by atoms with Crippen LogP contribution < -0.4 is 0 Å². The van der Waals surface area contributed by atoms with Gasteiger partial charge < -0.3 is 5.11 Å². The zero-order chi connectivity index (χ0) is 20.5. The van der Waals surface area contributed by atoms with Gasteiger partial charge in [0.2, 0.25) is 0 Å². The molecule has 0 bridgehead atoms. The van der Waals surface area contributed by atoms with Crippen LogP contribution >= 0.6 is 22.9 Å². The first-order chi connectivity index (χ1) is 13.2. The SMILES string of the molecule is Cn1cc(-c2cc(C(F)(F)F)c3nc(C(=O)O)c(Cl)n3c2)cn1.c1ccsc1. The van der Waals surface area contributed by atoms with Gasteiger partial charge in [-0.2, -0.15) is 29.6 Å². The van der Waals surface area contributed by atoms with Gasteiger partial charge in [0.05, 0.1) is 11.8 Å². The molecule has 0 amide bonds. The fourth-order valence-electron chi connectivity index (χ4n) is 2.42. The zero-order valence-electron chi connectivity index (χ0n) is 14.2. The lowest BCUT2D eigenvalue weighted by Crippen LogP contribution is -2.08. The van der Waals surface area contributed by atoms with Gasteiger partial charge in [0.25, 0.3) is 0 Å². The summed E-state index contributed by atoms with van der Waals surface area (Å²) >= 11 is 7.58. The number of nitrogens with zero attached hydrogens (tertiary/aromatic N) is 4. The lowest BCUT2D eigenvalue weighted by molar-refractivity contribution is -0.136. The highest BCUT2D eigenvalue weighted by Gasteiger charge is 2.36. The summed E-state index contributed by atoms with van der Waals surface area (Å²) in [5, 5.41) is 16.6. The minimum absolute atomic E-state index is 0.189. The molecule has 0 unspecified atom stereocenters. The van der Waals surface area contributed by atoms with Crippen LogP contribution in [0.15, 0.2) is 47.5 Å². The second kappa shape index (κ2) is 7.64. The molecule has 4 aromatic heterocycles. The Morgan fingerprint density at radius 3 is 2.36 bits per heavy atom. The standard InChI is InChI=1S/C13H8ClF3N4O2.C4H4S/c1-20-4-7(3-18-20)6-2-8(13(15,16)17)11-19-9(12(22)23)10(14)21(11)5-6;1-2-4-5-3-1/h2-5H,1H3,(H,22,23);1-4H. The smallest absolute Gasteiger partial charge is 0.420 e. The summed E-state index contributed by atoms with van der Waals surface area (Å²) in [6.45, 7) is 0. The number of pyridine rings is 1. The Labute approximate surface area is 165 Å². The number of imidazole rings is 1. The molecule has 6 nitrogen and oxygen atoms in total. The van der Waals surface area contributed by atoms with E-state index in [1.54, 1.807) is 18.4 Å². The summed E-state index contributed by atoms with van der Waals surface area (Å²) in [4.78, 5) is 14.6. The maximum Gasteiger partial charge on any atom is 0.420 e. The molecular weight excluding hydrogens is 417 g/mol. The average molecular weight is 429 g/mol. The summed E-state index contributed by atoms with van der Waals surface area (Å²) in [5.41, 5.74) is -1.66. The molecule has 4 rings (SSSR count). The third-order valence-corrected chi connectivity index (χ3v) is 4.62. The van der Waals surface area contributed by atoms with Crippen molar-refractivity contribution in [2.45, 2.75) is 6.18 Å². The number of thiophene rings is 1. The van der Waals surface area contributed by atoms with Gasteiger partial charge in [0.15, 0.2) is 11.3 Å². The first-order valence-electron chi connectivity index (χ1n) is 7.66. The van der Waals surface area contributed by atoms with E-state index in [1.165, 1.54) is 23.3 Å². The van der Waals surface area contributed by atoms with E-state index in [-0.39, 0.29) is 5.56 Å². The number of aromatic nitrogens is 4. The Morgan fingerprint density at radius 1 is 1.21 bits per heavy atom. The Bertz CT molecular complexity index is 1100. The van der Waals surface area contributed by atoms with Gasteiger partial charge in [-0.05, 0) is 16.8 Å². The van der Waals surface area contributed by atoms with Gasteiger partial charge >= 0.3 is 12.1 Å². The van der Waals surface area contributed by atoms with Gasteiger partial charge in [0.1, 0.15) is 5.15 Å². The molecule has 146 valence electrons. The van der Waals surface area contributed by atoms with Crippen molar-refractivity contribution in [3.8, 4) is 11.1 Å². The fourth-order valence-corrected chi connectivity index (χ4v) is 3.12. The average Bonchev–Trinajstić information content (AvgIpc) is 3.36. The minimum Gasteiger partial charge on any atom is -0.476 e. The highest BCUT2D eigenvalue weighted by Crippen LogP contribution is 2.36. The first kappa shape index (κ1) is 19.9. The lowest BCUT2D eigenvalue weighted by atomic mass is 10.1. The number of aryl methyl sites for hydroxylation is 1. The van der Waals surface area contributed by atoms with Gasteiger partial charge in [-0.25, -0.2) is 9.78 Å². The highest BCUT2D eigenvalue weighted by molar-refractivity contribution is 7.07. The summed E-state index contributed by atoms with van der Waals surface area (Å²) < 4.78 is 42.2. The number of hydrogen-bond acceptors (Lipinski definition) is 4. The molecular formula is C17H12ClF3N4O2S. The van der Waals surface area contributed by atoms with E-state index in [2.05, 4.69) is 10.1 Å². The number of halogens is 4. The van der Waals surface area contributed by atoms with E-state index in [0.717, 1.165) is 10.5 Å². The Morgan fingerprint density at radius 2 is 1.89 bits per heavy atom. The van der Waals surface area contributed by atoms with Crippen LogP contribution in [0.3, 0.4) is 0 Å². The van der Waals surface area contributed by atoms with Crippen molar-refractivity contribution in [1.29, 1.82) is 0 Å². The Kier molecular flexibility index (Phi) is 5.43. The third-order valence-electron chi connectivity index (χ3n) is 3.63. The molecule has 0 saturated heterocycles. The fraction of sp³-hybridized carbons (Fsp3) is 0.118. The van der Waals surface area contributed by atoms with Crippen molar-refractivity contribution in [3.05, 3.63) is 64.0 Å². The predicted molar refractivity (Wildman–Crippen MR) is 98.7 cm³/mol. The van der Waals surface area contributed by atoms with Gasteiger partial charge in [-0.3, -0.25) is 9.08 Å². The predicted octanol–water partition coefficient (Wildman–Crippen LogP) is 4.85. The summed E-state index contributed by atoms with van der Waals surface area (Å²) in [5.74, 6) is -1.50. The highest BCUT2D eigenvalue weighted by atomic mass is 35.5. The molecule has 4 aromatic rings. The quantitative estimate of drug-likeness (QED) is 0.495. The molecule has 0 fully saturated rings. The first-order valence-corrected chi connectivity index (χ1v) is 8.99. The summed E-state index contributed by atoms with van der Waals surface area (Å²) in [6, 6.07) is 4.93. The largest absolute Gasteiger partial charge is 0.476 e. The number of alkyl halides is 3. The number of carbonyl (C=O) groups is 1. The normalized spacial score (nSPS) is 11.3. The van der Waals surface area contributed by atoms with Crippen molar-refractivity contribution in [2.75, 3.05) is 0 Å². The van der Waals surface area contributed by atoms with Crippen LogP contribution in [0, 0.1) is 0 Å². The molecule has 0 spiro atoms. The minimum atomic E-state index is -4.72. The van der Waals surface area contributed by atoms with Gasteiger partial charge in [-0.1, -0.05) is 23.7 Å². The summed E-state index contributed by atoms with van der Waals surface area (Å²) in [6.07, 6.45) is -0.498. The van der Waals surface area contributed by atoms with Crippen molar-refractivity contribution < 1.29 is 23.1 Å². The van der Waals surface area contributed by atoms with Crippen LogP contribution in [0.4, 0.5) is 13.2 Å². The maximum atomic E-state index is 13.3. The van der Waals surface area contributed by atoms with E-state index < -0.39 is 34.2 Å². The Hall–Kier alpha value is -2.85. The third kappa shape index (κ3) is 4.02. The molecule has 28 heavy (non-hydrogen) atoms. The molecule has 0 aromatic carbocycles. The Balaban J connectivity index is 0.000000391.